The van der Waals surface area contributed by atoms with Crippen molar-refractivity contribution in [3.05, 3.63) is 66.7 Å². The fourth-order valence-corrected chi connectivity index (χ4v) is 1.93. The van der Waals surface area contributed by atoms with Gasteiger partial charge in [0.05, 0.1) is 5.69 Å². The summed E-state index contributed by atoms with van der Waals surface area (Å²) in [5, 5.41) is 20.2. The average Bonchev–Trinajstić information content (AvgIpc) is 2.48. The first-order valence-electron chi connectivity index (χ1n) is 6.02. The van der Waals surface area contributed by atoms with Crippen LogP contribution < -0.4 is 0 Å². The van der Waals surface area contributed by atoms with Crippen molar-refractivity contribution in [2.45, 2.75) is 0 Å². The molecule has 0 amide bonds. The topological polar surface area (TPSA) is 45.0 Å². The lowest BCUT2D eigenvalue weighted by Gasteiger charge is -2.02. The van der Waals surface area contributed by atoms with Crippen LogP contribution in [-0.2, 0) is 0 Å². The van der Waals surface area contributed by atoms with Gasteiger partial charge in [-0.25, -0.2) is 0 Å². The van der Waals surface area contributed by atoms with E-state index in [0.717, 1.165) is 16.5 Å². The van der Waals surface area contributed by atoms with Crippen LogP contribution in [0, 0.1) is 0 Å². The van der Waals surface area contributed by atoms with E-state index in [1.54, 1.807) is 6.07 Å². The number of benzene rings is 3. The van der Waals surface area contributed by atoms with Crippen molar-refractivity contribution in [3.8, 4) is 5.75 Å². The maximum absolute atomic E-state index is 10.2. The van der Waals surface area contributed by atoms with Crippen molar-refractivity contribution in [2.75, 3.05) is 0 Å². The van der Waals surface area contributed by atoms with Crippen molar-refractivity contribution >= 4 is 22.1 Å². The molecule has 0 heterocycles. The summed E-state index contributed by atoms with van der Waals surface area (Å²) in [6, 6.07) is 20.8. The predicted molar refractivity (Wildman–Crippen MR) is 76.2 cm³/mol. The molecular formula is C16H12N2O. The second-order valence-electron chi connectivity index (χ2n) is 4.19. The molecule has 0 atom stereocenters. The SMILES string of the molecule is Oc1c(/N=N/c2ccccc2)ccc2ccccc12. The number of hydrogen-bond donors (Lipinski definition) is 1. The first kappa shape index (κ1) is 11.4. The van der Waals surface area contributed by atoms with E-state index in [2.05, 4.69) is 10.2 Å². The Morgan fingerprint density at radius 2 is 1.42 bits per heavy atom. The minimum Gasteiger partial charge on any atom is -0.505 e. The number of aromatic hydroxyl groups is 1. The third-order valence-corrected chi connectivity index (χ3v) is 2.91. The predicted octanol–water partition coefficient (Wildman–Crippen LogP) is 4.96. The number of hydrogen-bond acceptors (Lipinski definition) is 3. The van der Waals surface area contributed by atoms with E-state index in [9.17, 15) is 5.11 Å². The Bertz CT molecular complexity index is 736. The number of phenols is 1. The fourth-order valence-electron chi connectivity index (χ4n) is 1.93. The molecule has 0 unspecified atom stereocenters. The molecule has 0 bridgehead atoms. The summed E-state index contributed by atoms with van der Waals surface area (Å²) in [5.41, 5.74) is 1.23. The molecular weight excluding hydrogens is 236 g/mol. The van der Waals surface area contributed by atoms with Gasteiger partial charge in [-0.05, 0) is 23.6 Å². The molecule has 0 aliphatic rings. The molecule has 0 fully saturated rings. The Balaban J connectivity index is 2.02. The second kappa shape index (κ2) is 4.90. The van der Waals surface area contributed by atoms with Gasteiger partial charge in [-0.2, -0.15) is 5.11 Å². The largest absolute Gasteiger partial charge is 0.505 e. The van der Waals surface area contributed by atoms with Crippen LogP contribution in [-0.4, -0.2) is 5.11 Å². The van der Waals surface area contributed by atoms with Gasteiger partial charge in [-0.1, -0.05) is 48.5 Å². The van der Waals surface area contributed by atoms with Crippen LogP contribution in [0.15, 0.2) is 77.0 Å². The minimum absolute atomic E-state index is 0.165. The maximum atomic E-state index is 10.2. The molecule has 0 radical (unpaired) electrons. The van der Waals surface area contributed by atoms with E-state index in [0.29, 0.717) is 5.69 Å². The van der Waals surface area contributed by atoms with Gasteiger partial charge >= 0.3 is 0 Å². The van der Waals surface area contributed by atoms with E-state index in [1.165, 1.54) is 0 Å². The summed E-state index contributed by atoms with van der Waals surface area (Å²) in [4.78, 5) is 0. The van der Waals surface area contributed by atoms with Crippen LogP contribution in [0.4, 0.5) is 11.4 Å². The number of fused-ring (bicyclic) bond motifs is 1. The van der Waals surface area contributed by atoms with Crippen molar-refractivity contribution < 1.29 is 5.11 Å². The zero-order chi connectivity index (χ0) is 13.1. The summed E-state index contributed by atoms with van der Waals surface area (Å²) in [7, 11) is 0. The number of rotatable bonds is 2. The third kappa shape index (κ3) is 2.31. The highest BCUT2D eigenvalue weighted by Gasteiger charge is 2.04. The highest BCUT2D eigenvalue weighted by atomic mass is 16.3. The zero-order valence-corrected chi connectivity index (χ0v) is 10.2. The van der Waals surface area contributed by atoms with Crippen LogP contribution in [0.5, 0.6) is 5.75 Å². The molecule has 0 aliphatic carbocycles. The Morgan fingerprint density at radius 1 is 0.684 bits per heavy atom. The number of nitrogens with zero attached hydrogens (tertiary/aromatic N) is 2. The molecule has 19 heavy (non-hydrogen) atoms. The zero-order valence-electron chi connectivity index (χ0n) is 10.2. The van der Waals surface area contributed by atoms with Gasteiger partial charge in [0.25, 0.3) is 0 Å². The monoisotopic (exact) mass is 248 g/mol. The molecule has 3 aromatic rings. The normalized spacial score (nSPS) is 11.2. The van der Waals surface area contributed by atoms with Crippen LogP contribution in [0.3, 0.4) is 0 Å². The summed E-state index contributed by atoms with van der Waals surface area (Å²) >= 11 is 0. The van der Waals surface area contributed by atoms with Crippen LogP contribution >= 0.6 is 0 Å². The molecule has 3 rings (SSSR count). The van der Waals surface area contributed by atoms with E-state index in [4.69, 9.17) is 0 Å². The average molecular weight is 248 g/mol. The van der Waals surface area contributed by atoms with E-state index in [1.807, 2.05) is 60.7 Å². The quantitative estimate of drug-likeness (QED) is 0.640. The summed E-state index contributed by atoms with van der Waals surface area (Å²) in [5.74, 6) is 0.165. The first-order chi connectivity index (χ1) is 9.34. The van der Waals surface area contributed by atoms with Gasteiger partial charge in [0, 0.05) is 5.39 Å². The minimum atomic E-state index is 0.165. The van der Waals surface area contributed by atoms with Crippen molar-refractivity contribution in [1.82, 2.24) is 0 Å². The van der Waals surface area contributed by atoms with E-state index >= 15 is 0 Å². The molecule has 92 valence electrons. The van der Waals surface area contributed by atoms with E-state index in [-0.39, 0.29) is 5.75 Å². The maximum Gasteiger partial charge on any atom is 0.150 e. The van der Waals surface area contributed by atoms with Crippen LogP contribution in [0.25, 0.3) is 10.8 Å². The van der Waals surface area contributed by atoms with Gasteiger partial charge in [-0.15, -0.1) is 5.11 Å². The second-order valence-corrected chi connectivity index (χ2v) is 4.19. The molecule has 0 spiro atoms. The van der Waals surface area contributed by atoms with E-state index < -0.39 is 0 Å². The van der Waals surface area contributed by atoms with Crippen LogP contribution in [0.2, 0.25) is 0 Å². The first-order valence-corrected chi connectivity index (χ1v) is 6.02. The summed E-state index contributed by atoms with van der Waals surface area (Å²) in [6.07, 6.45) is 0. The third-order valence-electron chi connectivity index (χ3n) is 2.91. The molecule has 0 saturated carbocycles. The molecule has 0 saturated heterocycles. The standard InChI is InChI=1S/C16H12N2O/c19-16-14-9-5-4-6-12(14)10-11-15(16)18-17-13-7-2-1-3-8-13/h1-11,19H/b18-17+. The fraction of sp³-hybridized carbons (Fsp3) is 0. The number of azo groups is 1. The smallest absolute Gasteiger partial charge is 0.150 e. The molecule has 3 nitrogen and oxygen atoms in total. The van der Waals surface area contributed by atoms with Crippen molar-refractivity contribution in [3.63, 3.8) is 0 Å². The van der Waals surface area contributed by atoms with Gasteiger partial charge < -0.3 is 5.11 Å². The highest BCUT2D eigenvalue weighted by Crippen LogP contribution is 2.35. The highest BCUT2D eigenvalue weighted by molar-refractivity contribution is 5.92. The Labute approximate surface area is 110 Å². The summed E-state index contributed by atoms with van der Waals surface area (Å²) < 4.78 is 0. The molecule has 0 aromatic heterocycles. The van der Waals surface area contributed by atoms with Crippen molar-refractivity contribution in [2.24, 2.45) is 10.2 Å². The summed E-state index contributed by atoms with van der Waals surface area (Å²) in [6.45, 7) is 0. The Hall–Kier alpha value is -2.68. The molecule has 1 N–H and O–H groups in total. The van der Waals surface area contributed by atoms with Gasteiger partial charge in [0.1, 0.15) is 5.69 Å². The van der Waals surface area contributed by atoms with Gasteiger partial charge in [0.2, 0.25) is 0 Å². The molecule has 0 aliphatic heterocycles. The Morgan fingerprint density at radius 3 is 2.26 bits per heavy atom. The lowest BCUT2D eigenvalue weighted by Crippen LogP contribution is -1.74. The van der Waals surface area contributed by atoms with Crippen LogP contribution in [0.1, 0.15) is 0 Å². The Kier molecular flexibility index (Phi) is 2.94. The van der Waals surface area contributed by atoms with Gasteiger partial charge in [0.15, 0.2) is 5.75 Å². The van der Waals surface area contributed by atoms with Crippen molar-refractivity contribution in [1.29, 1.82) is 0 Å². The van der Waals surface area contributed by atoms with Gasteiger partial charge in [-0.3, -0.25) is 0 Å². The number of phenolic OH excluding ortho intramolecular Hbond substituents is 1. The molecule has 3 heteroatoms. The lowest BCUT2D eigenvalue weighted by molar-refractivity contribution is 0.482. The molecule has 3 aromatic carbocycles. The lowest BCUT2D eigenvalue weighted by atomic mass is 10.1.